The number of amides is 2. The number of carbonyl (C=O) groups is 2. The van der Waals surface area contributed by atoms with Crippen molar-refractivity contribution in [1.29, 1.82) is 0 Å². The van der Waals surface area contributed by atoms with E-state index in [9.17, 15) is 9.59 Å². The number of nitrogens with two attached hydrogens (primary N) is 1. The Balaban J connectivity index is 1.97. The minimum Gasteiger partial charge on any atom is -0.325 e. The second kappa shape index (κ2) is 6.93. The van der Waals surface area contributed by atoms with Gasteiger partial charge in [0.15, 0.2) is 0 Å². The van der Waals surface area contributed by atoms with Crippen LogP contribution >= 0.6 is 11.3 Å². The zero-order valence-corrected chi connectivity index (χ0v) is 14.2. The number of carbonyl (C=O) groups excluding carboxylic acids is 2. The van der Waals surface area contributed by atoms with Gasteiger partial charge in [-0.25, -0.2) is 0 Å². The first-order chi connectivity index (χ1) is 10.8. The van der Waals surface area contributed by atoms with E-state index in [-0.39, 0.29) is 17.2 Å². The average Bonchev–Trinajstić information content (AvgIpc) is 3.01. The van der Waals surface area contributed by atoms with Gasteiger partial charge >= 0.3 is 0 Å². The van der Waals surface area contributed by atoms with E-state index < -0.39 is 6.04 Å². The Labute approximate surface area is 139 Å². The van der Waals surface area contributed by atoms with E-state index in [4.69, 9.17) is 5.73 Å². The maximum atomic E-state index is 12.1. The van der Waals surface area contributed by atoms with Crippen LogP contribution in [0.15, 0.2) is 41.8 Å². The Morgan fingerprint density at radius 3 is 2.09 bits per heavy atom. The molecule has 1 heterocycles. The number of rotatable bonds is 4. The summed E-state index contributed by atoms with van der Waals surface area (Å²) >= 11 is 1.38. The molecule has 0 aliphatic carbocycles. The van der Waals surface area contributed by atoms with Crippen molar-refractivity contribution in [3.05, 3.63) is 46.7 Å². The highest BCUT2D eigenvalue weighted by Gasteiger charge is 2.27. The molecule has 23 heavy (non-hydrogen) atoms. The zero-order chi connectivity index (χ0) is 17.0. The van der Waals surface area contributed by atoms with Gasteiger partial charge < -0.3 is 16.4 Å². The monoisotopic (exact) mass is 331 g/mol. The van der Waals surface area contributed by atoms with Crippen LogP contribution < -0.4 is 16.4 Å². The highest BCUT2D eigenvalue weighted by molar-refractivity contribution is 7.12. The lowest BCUT2D eigenvalue weighted by atomic mass is 9.87. The maximum absolute atomic E-state index is 12.1. The highest BCUT2D eigenvalue weighted by atomic mass is 32.1. The summed E-state index contributed by atoms with van der Waals surface area (Å²) in [5.41, 5.74) is 6.93. The van der Waals surface area contributed by atoms with Crippen molar-refractivity contribution in [3.8, 4) is 0 Å². The number of nitrogens with one attached hydrogen (secondary N) is 2. The lowest BCUT2D eigenvalue weighted by Gasteiger charge is -2.25. The summed E-state index contributed by atoms with van der Waals surface area (Å²) in [5.74, 6) is -0.376. The van der Waals surface area contributed by atoms with E-state index >= 15 is 0 Å². The molecular weight excluding hydrogens is 310 g/mol. The standard InChI is InChI=1S/C17H21N3O2S/c1-17(2,3)14(18)16(22)20-12-8-6-11(7-9-12)19-15(21)13-5-4-10-23-13/h4-10,14H,18H2,1-3H3,(H,19,21)(H,20,22)/t14-/m1/s1. The minimum absolute atomic E-state index is 0.147. The van der Waals surface area contributed by atoms with Crippen molar-refractivity contribution in [2.75, 3.05) is 10.6 Å². The van der Waals surface area contributed by atoms with Crippen LogP contribution in [0.1, 0.15) is 30.4 Å². The molecule has 0 saturated carbocycles. The molecule has 0 fully saturated rings. The van der Waals surface area contributed by atoms with Gasteiger partial charge in [0, 0.05) is 11.4 Å². The van der Waals surface area contributed by atoms with Gasteiger partial charge in [0.2, 0.25) is 5.91 Å². The summed E-state index contributed by atoms with van der Waals surface area (Å²) in [6, 6.07) is 9.95. The predicted molar refractivity (Wildman–Crippen MR) is 94.8 cm³/mol. The molecule has 0 aliphatic rings. The fourth-order valence-corrected chi connectivity index (χ4v) is 2.47. The molecule has 1 aromatic carbocycles. The Hall–Kier alpha value is -2.18. The molecule has 2 rings (SSSR count). The minimum atomic E-state index is -0.597. The molecule has 0 unspecified atom stereocenters. The molecule has 2 aromatic rings. The number of thiophene rings is 1. The van der Waals surface area contributed by atoms with E-state index in [1.165, 1.54) is 11.3 Å². The van der Waals surface area contributed by atoms with E-state index in [0.29, 0.717) is 16.3 Å². The van der Waals surface area contributed by atoms with E-state index in [1.807, 2.05) is 32.2 Å². The number of hydrogen-bond donors (Lipinski definition) is 3. The van der Waals surface area contributed by atoms with Gasteiger partial charge in [-0.2, -0.15) is 0 Å². The van der Waals surface area contributed by atoms with Gasteiger partial charge in [0.05, 0.1) is 10.9 Å². The van der Waals surface area contributed by atoms with E-state index in [0.717, 1.165) is 0 Å². The Morgan fingerprint density at radius 1 is 1.04 bits per heavy atom. The molecule has 2 amide bonds. The van der Waals surface area contributed by atoms with Crippen molar-refractivity contribution >= 4 is 34.5 Å². The molecule has 0 saturated heterocycles. The third-order valence-corrected chi connectivity index (χ3v) is 4.24. The van der Waals surface area contributed by atoms with Crippen molar-refractivity contribution in [2.24, 2.45) is 11.1 Å². The maximum Gasteiger partial charge on any atom is 0.265 e. The summed E-state index contributed by atoms with van der Waals surface area (Å²) in [7, 11) is 0. The summed E-state index contributed by atoms with van der Waals surface area (Å²) in [5, 5.41) is 7.44. The normalized spacial score (nSPS) is 12.5. The van der Waals surface area contributed by atoms with Crippen LogP contribution in [-0.2, 0) is 4.79 Å². The molecule has 0 bridgehead atoms. The summed E-state index contributed by atoms with van der Waals surface area (Å²) in [6.45, 7) is 5.75. The molecule has 0 radical (unpaired) electrons. The van der Waals surface area contributed by atoms with Crippen LogP contribution in [0.2, 0.25) is 0 Å². The van der Waals surface area contributed by atoms with Gasteiger partial charge in [-0.3, -0.25) is 9.59 Å². The number of hydrogen-bond acceptors (Lipinski definition) is 4. The van der Waals surface area contributed by atoms with Crippen molar-refractivity contribution in [3.63, 3.8) is 0 Å². The molecule has 0 spiro atoms. The quantitative estimate of drug-likeness (QED) is 0.803. The summed E-state index contributed by atoms with van der Waals surface area (Å²) in [4.78, 5) is 24.7. The van der Waals surface area contributed by atoms with Crippen LogP contribution in [0.4, 0.5) is 11.4 Å². The van der Waals surface area contributed by atoms with Gasteiger partial charge in [0.25, 0.3) is 5.91 Å². The Bertz CT molecular complexity index is 673. The zero-order valence-electron chi connectivity index (χ0n) is 13.4. The van der Waals surface area contributed by atoms with Gasteiger partial charge in [0.1, 0.15) is 0 Å². The fraction of sp³-hybridized carbons (Fsp3) is 0.294. The molecule has 122 valence electrons. The Morgan fingerprint density at radius 2 is 1.61 bits per heavy atom. The van der Waals surface area contributed by atoms with E-state index in [1.54, 1.807) is 30.3 Å². The third kappa shape index (κ3) is 4.64. The predicted octanol–water partition coefficient (Wildman–Crippen LogP) is 3.31. The molecule has 1 aromatic heterocycles. The first-order valence-corrected chi connectivity index (χ1v) is 8.17. The highest BCUT2D eigenvalue weighted by Crippen LogP contribution is 2.20. The van der Waals surface area contributed by atoms with Gasteiger partial charge in [-0.1, -0.05) is 26.8 Å². The van der Waals surface area contributed by atoms with Gasteiger partial charge in [-0.15, -0.1) is 11.3 Å². The smallest absolute Gasteiger partial charge is 0.265 e. The van der Waals surface area contributed by atoms with E-state index in [2.05, 4.69) is 10.6 Å². The molecule has 1 atom stereocenters. The molecule has 6 heteroatoms. The van der Waals surface area contributed by atoms with Crippen LogP contribution in [0.25, 0.3) is 0 Å². The van der Waals surface area contributed by atoms with Crippen LogP contribution in [0.3, 0.4) is 0 Å². The van der Waals surface area contributed by atoms with Crippen molar-refractivity contribution in [2.45, 2.75) is 26.8 Å². The van der Waals surface area contributed by atoms with Crippen LogP contribution in [0.5, 0.6) is 0 Å². The second-order valence-corrected chi connectivity index (χ2v) is 7.29. The lowest BCUT2D eigenvalue weighted by molar-refractivity contribution is -0.119. The topological polar surface area (TPSA) is 84.2 Å². The second-order valence-electron chi connectivity index (χ2n) is 6.34. The average molecular weight is 331 g/mol. The number of benzene rings is 1. The first-order valence-electron chi connectivity index (χ1n) is 7.29. The molecule has 0 aliphatic heterocycles. The largest absolute Gasteiger partial charge is 0.325 e. The third-order valence-electron chi connectivity index (χ3n) is 3.37. The van der Waals surface area contributed by atoms with Crippen molar-refractivity contribution < 1.29 is 9.59 Å². The molecular formula is C17H21N3O2S. The molecule has 5 nitrogen and oxygen atoms in total. The summed E-state index contributed by atoms with van der Waals surface area (Å²) < 4.78 is 0. The van der Waals surface area contributed by atoms with Gasteiger partial charge in [-0.05, 0) is 41.1 Å². The van der Waals surface area contributed by atoms with Crippen LogP contribution in [0, 0.1) is 5.41 Å². The lowest BCUT2D eigenvalue weighted by Crippen LogP contribution is -2.45. The first kappa shape index (κ1) is 17.2. The fourth-order valence-electron chi connectivity index (χ4n) is 1.85. The Kier molecular flexibility index (Phi) is 5.18. The van der Waals surface area contributed by atoms with Crippen molar-refractivity contribution in [1.82, 2.24) is 0 Å². The summed E-state index contributed by atoms with van der Waals surface area (Å²) in [6.07, 6.45) is 0. The van der Waals surface area contributed by atoms with Crippen LogP contribution in [-0.4, -0.2) is 17.9 Å². The SMILES string of the molecule is CC(C)(C)[C@H](N)C(=O)Nc1ccc(NC(=O)c2cccs2)cc1. The number of anilines is 2. The molecule has 4 N–H and O–H groups in total.